The number of halogens is 3. The SMILES string of the molecule is CC(=O)N[C@@H](C(=O)Nc1ccc(C2CCN(C(=O)Cc3ccc(F)c(F)c3)CC2)cc1)c1cccc(Cl)c1. The molecule has 1 aliphatic rings. The van der Waals surface area contributed by atoms with Gasteiger partial charge in [-0.1, -0.05) is 41.9 Å². The number of hydrogen-bond donors (Lipinski definition) is 2. The molecule has 3 aromatic rings. The Labute approximate surface area is 225 Å². The van der Waals surface area contributed by atoms with E-state index < -0.39 is 17.7 Å². The minimum absolute atomic E-state index is 0.0327. The minimum Gasteiger partial charge on any atom is -0.342 e. The summed E-state index contributed by atoms with van der Waals surface area (Å²) in [5, 5.41) is 5.98. The summed E-state index contributed by atoms with van der Waals surface area (Å²) < 4.78 is 26.6. The molecular formula is C29H28ClF2N3O3. The van der Waals surface area contributed by atoms with Gasteiger partial charge in [0.2, 0.25) is 11.8 Å². The van der Waals surface area contributed by atoms with Gasteiger partial charge in [0.25, 0.3) is 5.91 Å². The van der Waals surface area contributed by atoms with Gasteiger partial charge < -0.3 is 15.5 Å². The molecule has 6 nitrogen and oxygen atoms in total. The average molecular weight is 540 g/mol. The number of amides is 3. The molecule has 0 unspecified atom stereocenters. The van der Waals surface area contributed by atoms with E-state index >= 15 is 0 Å². The van der Waals surface area contributed by atoms with E-state index in [4.69, 9.17) is 11.6 Å². The highest BCUT2D eigenvalue weighted by Crippen LogP contribution is 2.29. The van der Waals surface area contributed by atoms with E-state index in [1.54, 1.807) is 29.2 Å². The summed E-state index contributed by atoms with van der Waals surface area (Å²) in [4.78, 5) is 39.0. The van der Waals surface area contributed by atoms with Crippen molar-refractivity contribution < 1.29 is 23.2 Å². The smallest absolute Gasteiger partial charge is 0.251 e. The molecular weight excluding hydrogens is 512 g/mol. The average Bonchev–Trinajstić information content (AvgIpc) is 2.90. The van der Waals surface area contributed by atoms with E-state index in [0.29, 0.717) is 34.9 Å². The molecule has 0 aliphatic carbocycles. The number of likely N-dealkylation sites (tertiary alicyclic amines) is 1. The molecule has 1 aliphatic heterocycles. The maximum absolute atomic E-state index is 13.4. The summed E-state index contributed by atoms with van der Waals surface area (Å²) in [5.74, 6) is -2.46. The van der Waals surface area contributed by atoms with Crippen molar-refractivity contribution in [2.24, 2.45) is 0 Å². The van der Waals surface area contributed by atoms with Crippen molar-refractivity contribution in [3.63, 3.8) is 0 Å². The molecule has 1 fully saturated rings. The Morgan fingerprint density at radius 1 is 0.974 bits per heavy atom. The van der Waals surface area contributed by atoms with Gasteiger partial charge >= 0.3 is 0 Å². The van der Waals surface area contributed by atoms with Crippen molar-refractivity contribution in [2.75, 3.05) is 18.4 Å². The van der Waals surface area contributed by atoms with Gasteiger partial charge in [0, 0.05) is 30.7 Å². The molecule has 1 saturated heterocycles. The number of hydrogen-bond acceptors (Lipinski definition) is 3. The number of carbonyl (C=O) groups is 3. The molecule has 1 atom stereocenters. The molecule has 2 N–H and O–H groups in total. The molecule has 0 radical (unpaired) electrons. The van der Waals surface area contributed by atoms with E-state index in [1.165, 1.54) is 13.0 Å². The Morgan fingerprint density at radius 2 is 1.68 bits per heavy atom. The second-order valence-corrected chi connectivity index (χ2v) is 9.82. The molecule has 1 heterocycles. The summed E-state index contributed by atoms with van der Waals surface area (Å²) in [5.41, 5.74) is 2.72. The van der Waals surface area contributed by atoms with Crippen molar-refractivity contribution in [3.05, 3.63) is 100 Å². The highest BCUT2D eigenvalue weighted by molar-refractivity contribution is 6.30. The second-order valence-electron chi connectivity index (χ2n) is 9.38. The van der Waals surface area contributed by atoms with Crippen LogP contribution in [0.3, 0.4) is 0 Å². The third-order valence-corrected chi connectivity index (χ3v) is 6.86. The van der Waals surface area contributed by atoms with Gasteiger partial charge in [-0.05, 0) is 71.8 Å². The minimum atomic E-state index is -0.955. The summed E-state index contributed by atoms with van der Waals surface area (Å²) in [6, 6.07) is 16.9. The van der Waals surface area contributed by atoms with Crippen LogP contribution >= 0.6 is 11.6 Å². The van der Waals surface area contributed by atoms with Crippen LogP contribution in [0, 0.1) is 11.6 Å². The first kappa shape index (κ1) is 27.3. The maximum Gasteiger partial charge on any atom is 0.251 e. The van der Waals surface area contributed by atoms with Gasteiger partial charge in [0.05, 0.1) is 6.42 Å². The van der Waals surface area contributed by atoms with Crippen LogP contribution in [-0.4, -0.2) is 35.7 Å². The fourth-order valence-corrected chi connectivity index (χ4v) is 4.84. The lowest BCUT2D eigenvalue weighted by Crippen LogP contribution is -2.38. The first-order chi connectivity index (χ1) is 18.2. The standard InChI is InChI=1S/C29H28ClF2N3O3/c1-18(36)33-28(22-3-2-4-23(30)17-22)29(38)34-24-8-6-20(7-9-24)21-11-13-35(14-12-21)27(37)16-19-5-10-25(31)26(32)15-19/h2-10,15,17,21,28H,11-14,16H2,1H3,(H,33,36)(H,34,38)/t28-/m1/s1. The van der Waals surface area contributed by atoms with E-state index in [2.05, 4.69) is 10.6 Å². The number of piperidine rings is 1. The van der Waals surface area contributed by atoms with Gasteiger partial charge in [0.15, 0.2) is 11.6 Å². The van der Waals surface area contributed by atoms with Crippen LogP contribution in [0.15, 0.2) is 66.7 Å². The van der Waals surface area contributed by atoms with Crippen molar-refractivity contribution in [3.8, 4) is 0 Å². The first-order valence-electron chi connectivity index (χ1n) is 12.3. The monoisotopic (exact) mass is 539 g/mol. The number of carbonyl (C=O) groups excluding carboxylic acids is 3. The van der Waals surface area contributed by atoms with Crippen LogP contribution in [0.5, 0.6) is 0 Å². The normalized spacial score (nSPS) is 14.6. The Kier molecular flexibility index (Phi) is 8.73. The zero-order valence-electron chi connectivity index (χ0n) is 20.8. The van der Waals surface area contributed by atoms with Gasteiger partial charge in [-0.25, -0.2) is 8.78 Å². The molecule has 0 aromatic heterocycles. The molecule has 9 heteroatoms. The summed E-state index contributed by atoms with van der Waals surface area (Å²) in [6.07, 6.45) is 1.58. The molecule has 0 saturated carbocycles. The van der Waals surface area contributed by atoms with Crippen molar-refractivity contribution >= 4 is 35.0 Å². The van der Waals surface area contributed by atoms with E-state index in [0.717, 1.165) is 30.5 Å². The largest absolute Gasteiger partial charge is 0.342 e. The second kappa shape index (κ2) is 12.2. The quantitative estimate of drug-likeness (QED) is 0.423. The Bertz CT molecular complexity index is 1320. The van der Waals surface area contributed by atoms with Gasteiger partial charge in [-0.2, -0.15) is 0 Å². The lowest BCUT2D eigenvalue weighted by Gasteiger charge is -2.32. The van der Waals surface area contributed by atoms with Crippen LogP contribution in [0.4, 0.5) is 14.5 Å². The highest BCUT2D eigenvalue weighted by atomic mass is 35.5. The van der Waals surface area contributed by atoms with Crippen molar-refractivity contribution in [1.29, 1.82) is 0 Å². The lowest BCUT2D eigenvalue weighted by atomic mass is 9.89. The molecule has 198 valence electrons. The molecule has 3 aromatic carbocycles. The van der Waals surface area contributed by atoms with Crippen molar-refractivity contribution in [1.82, 2.24) is 10.2 Å². The van der Waals surface area contributed by atoms with Gasteiger partial charge in [0.1, 0.15) is 6.04 Å². The number of benzene rings is 3. The Hall–Kier alpha value is -3.78. The van der Waals surface area contributed by atoms with Crippen molar-refractivity contribution in [2.45, 2.75) is 38.1 Å². The summed E-state index contributed by atoms with van der Waals surface area (Å²) in [7, 11) is 0. The Morgan fingerprint density at radius 3 is 2.32 bits per heavy atom. The molecule has 38 heavy (non-hydrogen) atoms. The van der Waals surface area contributed by atoms with Crippen LogP contribution in [0.1, 0.15) is 48.4 Å². The van der Waals surface area contributed by atoms with E-state index in [1.807, 2.05) is 24.3 Å². The predicted molar refractivity (Wildman–Crippen MR) is 142 cm³/mol. The third kappa shape index (κ3) is 6.95. The first-order valence-corrected chi connectivity index (χ1v) is 12.7. The number of nitrogens with zero attached hydrogens (tertiary/aromatic N) is 1. The van der Waals surface area contributed by atoms with Crippen LogP contribution in [0.25, 0.3) is 0 Å². The number of anilines is 1. The predicted octanol–water partition coefficient (Wildman–Crippen LogP) is 5.38. The van der Waals surface area contributed by atoms with Gasteiger partial charge in [-0.3, -0.25) is 14.4 Å². The third-order valence-electron chi connectivity index (χ3n) is 6.63. The van der Waals surface area contributed by atoms with Crippen LogP contribution < -0.4 is 10.6 Å². The molecule has 3 amide bonds. The molecule has 0 bridgehead atoms. The molecule has 0 spiro atoms. The zero-order valence-corrected chi connectivity index (χ0v) is 21.6. The number of nitrogens with one attached hydrogen (secondary N) is 2. The summed E-state index contributed by atoms with van der Waals surface area (Å²) in [6.45, 7) is 2.49. The number of rotatable bonds is 7. The fourth-order valence-electron chi connectivity index (χ4n) is 4.64. The Balaban J connectivity index is 1.33. The lowest BCUT2D eigenvalue weighted by molar-refractivity contribution is -0.131. The highest BCUT2D eigenvalue weighted by Gasteiger charge is 2.25. The fraction of sp³-hybridized carbons (Fsp3) is 0.276. The summed E-state index contributed by atoms with van der Waals surface area (Å²) >= 11 is 6.06. The zero-order chi connectivity index (χ0) is 27.2. The van der Waals surface area contributed by atoms with Gasteiger partial charge in [-0.15, -0.1) is 0 Å². The van der Waals surface area contributed by atoms with E-state index in [9.17, 15) is 23.2 Å². The topological polar surface area (TPSA) is 78.5 Å². The van der Waals surface area contributed by atoms with E-state index in [-0.39, 0.29) is 30.1 Å². The molecule has 4 rings (SSSR count). The maximum atomic E-state index is 13.4. The van der Waals surface area contributed by atoms with Crippen LogP contribution in [0.2, 0.25) is 5.02 Å². The van der Waals surface area contributed by atoms with Crippen LogP contribution in [-0.2, 0) is 20.8 Å².